The molecule has 1 aliphatic carbocycles. The van der Waals surface area contributed by atoms with Gasteiger partial charge in [0, 0.05) is 6.42 Å². The van der Waals surface area contributed by atoms with Crippen molar-refractivity contribution in [3.05, 3.63) is 35.9 Å². The van der Waals surface area contributed by atoms with Crippen LogP contribution in [-0.2, 0) is 16.1 Å². The second kappa shape index (κ2) is 4.96. The van der Waals surface area contributed by atoms with E-state index in [-0.39, 0.29) is 5.97 Å². The smallest absolute Gasteiger partial charge is 0.306 e. The molecule has 2 heteroatoms. The fourth-order valence-corrected chi connectivity index (χ4v) is 1.54. The van der Waals surface area contributed by atoms with Gasteiger partial charge in [-0.15, -0.1) is 0 Å². The van der Waals surface area contributed by atoms with Gasteiger partial charge in [0.2, 0.25) is 0 Å². The van der Waals surface area contributed by atoms with Gasteiger partial charge in [0.15, 0.2) is 0 Å². The Labute approximate surface area is 90.3 Å². The topological polar surface area (TPSA) is 26.3 Å². The van der Waals surface area contributed by atoms with Crippen LogP contribution in [0.15, 0.2) is 30.3 Å². The van der Waals surface area contributed by atoms with Crippen molar-refractivity contribution in [2.24, 2.45) is 5.92 Å². The Bertz CT molecular complexity index is 315. The third-order valence-corrected chi connectivity index (χ3v) is 2.70. The maximum absolute atomic E-state index is 11.3. The van der Waals surface area contributed by atoms with Gasteiger partial charge in [0.25, 0.3) is 0 Å². The van der Waals surface area contributed by atoms with Gasteiger partial charge in [-0.25, -0.2) is 0 Å². The lowest BCUT2D eigenvalue weighted by atomic mass is 10.2. The van der Waals surface area contributed by atoms with Gasteiger partial charge in [0.05, 0.1) is 0 Å². The van der Waals surface area contributed by atoms with Crippen molar-refractivity contribution in [2.75, 3.05) is 0 Å². The molecule has 0 bridgehead atoms. The summed E-state index contributed by atoms with van der Waals surface area (Å²) >= 11 is 0. The Hall–Kier alpha value is -1.31. The molecule has 0 spiro atoms. The molecule has 0 radical (unpaired) electrons. The van der Waals surface area contributed by atoms with E-state index in [0.717, 1.165) is 17.9 Å². The zero-order valence-corrected chi connectivity index (χ0v) is 8.82. The van der Waals surface area contributed by atoms with Crippen molar-refractivity contribution in [1.29, 1.82) is 0 Å². The van der Waals surface area contributed by atoms with E-state index in [1.807, 2.05) is 30.3 Å². The Morgan fingerprint density at radius 3 is 2.67 bits per heavy atom. The second-order valence-corrected chi connectivity index (χ2v) is 4.13. The highest BCUT2D eigenvalue weighted by atomic mass is 16.5. The van der Waals surface area contributed by atoms with Crippen molar-refractivity contribution in [1.82, 2.24) is 0 Å². The van der Waals surface area contributed by atoms with Crippen molar-refractivity contribution in [3.63, 3.8) is 0 Å². The summed E-state index contributed by atoms with van der Waals surface area (Å²) in [6.07, 6.45) is 4.18. The number of hydrogen-bond donors (Lipinski definition) is 0. The first kappa shape index (κ1) is 10.2. The predicted molar refractivity (Wildman–Crippen MR) is 58.2 cm³/mol. The summed E-state index contributed by atoms with van der Waals surface area (Å²) in [5, 5.41) is 0. The first-order chi connectivity index (χ1) is 7.34. The Kier molecular flexibility index (Phi) is 3.38. The van der Waals surface area contributed by atoms with E-state index in [2.05, 4.69) is 0 Å². The van der Waals surface area contributed by atoms with Crippen LogP contribution in [-0.4, -0.2) is 5.97 Å². The fraction of sp³-hybridized carbons (Fsp3) is 0.462. The zero-order chi connectivity index (χ0) is 10.5. The van der Waals surface area contributed by atoms with Crippen LogP contribution in [0.3, 0.4) is 0 Å². The lowest BCUT2D eigenvalue weighted by Gasteiger charge is -2.04. The molecule has 1 aromatic carbocycles. The van der Waals surface area contributed by atoms with Crippen molar-refractivity contribution >= 4 is 5.97 Å². The van der Waals surface area contributed by atoms with Crippen LogP contribution in [0.1, 0.15) is 31.2 Å². The first-order valence-corrected chi connectivity index (χ1v) is 5.54. The minimum absolute atomic E-state index is 0.0641. The molecule has 0 saturated heterocycles. The van der Waals surface area contributed by atoms with Crippen LogP contribution < -0.4 is 0 Å². The van der Waals surface area contributed by atoms with Gasteiger partial charge in [-0.2, -0.15) is 0 Å². The fourth-order valence-electron chi connectivity index (χ4n) is 1.54. The molecule has 1 fully saturated rings. The Morgan fingerprint density at radius 1 is 1.27 bits per heavy atom. The summed E-state index contributed by atoms with van der Waals surface area (Å²) in [7, 11) is 0. The molecule has 0 N–H and O–H groups in total. The summed E-state index contributed by atoms with van der Waals surface area (Å²) in [6, 6.07) is 9.79. The van der Waals surface area contributed by atoms with Crippen LogP contribution >= 0.6 is 0 Å². The molecule has 15 heavy (non-hydrogen) atoms. The van der Waals surface area contributed by atoms with Gasteiger partial charge in [-0.1, -0.05) is 43.2 Å². The van der Waals surface area contributed by atoms with Crippen LogP contribution in [0.4, 0.5) is 0 Å². The lowest BCUT2D eigenvalue weighted by molar-refractivity contribution is -0.145. The maximum atomic E-state index is 11.3. The van der Waals surface area contributed by atoms with Crippen molar-refractivity contribution < 1.29 is 9.53 Å². The number of hydrogen-bond acceptors (Lipinski definition) is 2. The zero-order valence-electron chi connectivity index (χ0n) is 8.82. The van der Waals surface area contributed by atoms with Gasteiger partial charge in [0.1, 0.15) is 6.61 Å². The van der Waals surface area contributed by atoms with Gasteiger partial charge in [-0.3, -0.25) is 4.79 Å². The summed E-state index contributed by atoms with van der Waals surface area (Å²) < 4.78 is 5.17. The standard InChI is InChI=1S/C13H16O2/c14-13(9-8-11-6-7-11)15-10-12-4-2-1-3-5-12/h1-5,11H,6-10H2. The third-order valence-electron chi connectivity index (χ3n) is 2.70. The minimum Gasteiger partial charge on any atom is -0.461 e. The second-order valence-electron chi connectivity index (χ2n) is 4.13. The molecule has 2 nitrogen and oxygen atoms in total. The number of carbonyl (C=O) groups is 1. The maximum Gasteiger partial charge on any atom is 0.306 e. The first-order valence-electron chi connectivity index (χ1n) is 5.54. The summed E-state index contributed by atoms with van der Waals surface area (Å²) in [6.45, 7) is 0.407. The summed E-state index contributed by atoms with van der Waals surface area (Å²) in [4.78, 5) is 11.3. The molecule has 0 amide bonds. The van der Waals surface area contributed by atoms with E-state index in [4.69, 9.17) is 4.74 Å². The number of ether oxygens (including phenoxy) is 1. The number of carbonyl (C=O) groups excluding carboxylic acids is 1. The molecular formula is C13H16O2. The van der Waals surface area contributed by atoms with Crippen LogP contribution in [0.5, 0.6) is 0 Å². The van der Waals surface area contributed by atoms with Crippen molar-refractivity contribution in [3.8, 4) is 0 Å². The highest BCUT2D eigenvalue weighted by Gasteiger charge is 2.22. The molecule has 2 rings (SSSR count). The Balaban J connectivity index is 1.66. The molecule has 0 aliphatic heterocycles. The number of esters is 1. The molecule has 1 aromatic rings. The normalized spacial score (nSPS) is 14.9. The van der Waals surface area contributed by atoms with Crippen LogP contribution in [0.2, 0.25) is 0 Å². The number of benzene rings is 1. The lowest BCUT2D eigenvalue weighted by Crippen LogP contribution is -2.04. The average Bonchev–Trinajstić information content (AvgIpc) is 3.09. The van der Waals surface area contributed by atoms with Crippen LogP contribution in [0, 0.1) is 5.92 Å². The minimum atomic E-state index is -0.0641. The molecular weight excluding hydrogens is 188 g/mol. The number of rotatable bonds is 5. The summed E-state index contributed by atoms with van der Waals surface area (Å²) in [5.41, 5.74) is 1.05. The van der Waals surface area contributed by atoms with E-state index in [1.54, 1.807) is 0 Å². The van der Waals surface area contributed by atoms with E-state index in [9.17, 15) is 4.79 Å². The van der Waals surface area contributed by atoms with Gasteiger partial charge in [-0.05, 0) is 17.9 Å². The quantitative estimate of drug-likeness (QED) is 0.689. The molecule has 1 aliphatic rings. The Morgan fingerprint density at radius 2 is 2.00 bits per heavy atom. The third kappa shape index (κ3) is 3.74. The molecule has 80 valence electrons. The van der Waals surface area contributed by atoms with E-state index in [0.29, 0.717) is 13.0 Å². The molecule has 0 atom stereocenters. The predicted octanol–water partition coefficient (Wildman–Crippen LogP) is 2.92. The van der Waals surface area contributed by atoms with E-state index >= 15 is 0 Å². The average molecular weight is 204 g/mol. The van der Waals surface area contributed by atoms with Gasteiger partial charge >= 0.3 is 5.97 Å². The SMILES string of the molecule is O=C(CCC1CC1)OCc1ccccc1. The largest absolute Gasteiger partial charge is 0.461 e. The highest BCUT2D eigenvalue weighted by molar-refractivity contribution is 5.69. The monoisotopic (exact) mass is 204 g/mol. The molecule has 0 unspecified atom stereocenters. The summed E-state index contributed by atoms with van der Waals surface area (Å²) in [5.74, 6) is 0.736. The van der Waals surface area contributed by atoms with Crippen molar-refractivity contribution in [2.45, 2.75) is 32.3 Å². The highest BCUT2D eigenvalue weighted by Crippen LogP contribution is 2.33. The van der Waals surface area contributed by atoms with E-state index in [1.165, 1.54) is 12.8 Å². The van der Waals surface area contributed by atoms with Gasteiger partial charge < -0.3 is 4.74 Å². The van der Waals surface area contributed by atoms with Crippen LogP contribution in [0.25, 0.3) is 0 Å². The molecule has 0 heterocycles. The molecule has 0 aromatic heterocycles. The van der Waals surface area contributed by atoms with E-state index < -0.39 is 0 Å². The molecule has 1 saturated carbocycles.